The van der Waals surface area contributed by atoms with E-state index >= 15 is 0 Å². The van der Waals surface area contributed by atoms with Gasteiger partial charge < -0.3 is 5.32 Å². The summed E-state index contributed by atoms with van der Waals surface area (Å²) in [4.78, 5) is 4.40. The van der Waals surface area contributed by atoms with Gasteiger partial charge in [-0.2, -0.15) is 10.4 Å². The minimum Gasteiger partial charge on any atom is -0.317 e. The SMILES string of the molecule is N#Cc1c(-c2ccccn2)nn2ccc(C3CCNCC3)c2c1-c1c[nH]nn1. The normalized spacial score (nSPS) is 15.0. The second-order valence-corrected chi connectivity index (χ2v) is 6.87. The van der Waals surface area contributed by atoms with Gasteiger partial charge in [0.1, 0.15) is 17.5 Å². The predicted molar refractivity (Wildman–Crippen MR) is 103 cm³/mol. The molecule has 138 valence electrons. The molecule has 1 saturated heterocycles. The summed E-state index contributed by atoms with van der Waals surface area (Å²) >= 11 is 0. The van der Waals surface area contributed by atoms with Gasteiger partial charge in [-0.25, -0.2) is 4.52 Å². The van der Waals surface area contributed by atoms with Gasteiger partial charge in [0.25, 0.3) is 0 Å². The van der Waals surface area contributed by atoms with Crippen LogP contribution in [0.2, 0.25) is 0 Å². The fourth-order valence-electron chi connectivity index (χ4n) is 4.00. The Bertz CT molecular complexity index is 1150. The minimum atomic E-state index is 0.422. The highest BCUT2D eigenvalue weighted by Crippen LogP contribution is 2.38. The maximum absolute atomic E-state index is 10.1. The second kappa shape index (κ2) is 6.87. The number of hydrogen-bond acceptors (Lipinski definition) is 6. The van der Waals surface area contributed by atoms with Crippen molar-refractivity contribution in [2.24, 2.45) is 0 Å². The Kier molecular flexibility index (Phi) is 4.07. The van der Waals surface area contributed by atoms with E-state index in [2.05, 4.69) is 37.8 Å². The molecular weight excluding hydrogens is 352 g/mol. The molecule has 8 heteroatoms. The molecule has 1 aliphatic heterocycles. The smallest absolute Gasteiger partial charge is 0.128 e. The van der Waals surface area contributed by atoms with E-state index in [9.17, 15) is 5.26 Å². The van der Waals surface area contributed by atoms with Gasteiger partial charge in [0.05, 0.1) is 23.0 Å². The molecule has 0 spiro atoms. The van der Waals surface area contributed by atoms with Crippen LogP contribution in [0.15, 0.2) is 42.9 Å². The Morgan fingerprint density at radius 1 is 1.14 bits per heavy atom. The van der Waals surface area contributed by atoms with Crippen LogP contribution in [0, 0.1) is 11.3 Å². The van der Waals surface area contributed by atoms with Crippen LogP contribution in [-0.4, -0.2) is 43.1 Å². The molecule has 0 bridgehead atoms. The van der Waals surface area contributed by atoms with Gasteiger partial charge in [0, 0.05) is 18.0 Å². The summed E-state index contributed by atoms with van der Waals surface area (Å²) in [5.74, 6) is 0.422. The van der Waals surface area contributed by atoms with E-state index in [-0.39, 0.29) is 0 Å². The quantitative estimate of drug-likeness (QED) is 0.574. The van der Waals surface area contributed by atoms with Crippen LogP contribution >= 0.6 is 0 Å². The number of nitrogens with one attached hydrogen (secondary N) is 2. The third-order valence-electron chi connectivity index (χ3n) is 5.30. The average Bonchev–Trinajstić information content (AvgIpc) is 3.44. The predicted octanol–water partition coefficient (Wildman–Crippen LogP) is 2.52. The van der Waals surface area contributed by atoms with E-state index in [1.165, 1.54) is 5.56 Å². The van der Waals surface area contributed by atoms with Crippen LogP contribution in [0.25, 0.3) is 28.2 Å². The summed E-state index contributed by atoms with van der Waals surface area (Å²) in [7, 11) is 0. The van der Waals surface area contributed by atoms with Crippen LogP contribution < -0.4 is 5.32 Å². The van der Waals surface area contributed by atoms with Gasteiger partial charge in [-0.15, -0.1) is 5.10 Å². The highest BCUT2D eigenvalue weighted by molar-refractivity contribution is 5.89. The average molecular weight is 370 g/mol. The molecule has 5 rings (SSSR count). The Morgan fingerprint density at radius 2 is 2.04 bits per heavy atom. The third-order valence-corrected chi connectivity index (χ3v) is 5.30. The number of aromatic nitrogens is 6. The highest BCUT2D eigenvalue weighted by atomic mass is 15.3. The van der Waals surface area contributed by atoms with Crippen molar-refractivity contribution in [3.05, 3.63) is 54.0 Å². The lowest BCUT2D eigenvalue weighted by molar-refractivity contribution is 0.462. The van der Waals surface area contributed by atoms with Crippen LogP contribution in [0.5, 0.6) is 0 Å². The second-order valence-electron chi connectivity index (χ2n) is 6.87. The van der Waals surface area contributed by atoms with Crippen molar-refractivity contribution in [3.8, 4) is 28.7 Å². The van der Waals surface area contributed by atoms with Gasteiger partial charge >= 0.3 is 0 Å². The largest absolute Gasteiger partial charge is 0.317 e. The van der Waals surface area contributed by atoms with Crippen molar-refractivity contribution in [3.63, 3.8) is 0 Å². The Labute approximate surface area is 161 Å². The molecule has 28 heavy (non-hydrogen) atoms. The Hall–Kier alpha value is -3.57. The molecule has 4 aromatic heterocycles. The van der Waals surface area contributed by atoms with Gasteiger partial charge in [-0.05, 0) is 55.6 Å². The number of pyridine rings is 1. The number of aromatic amines is 1. The number of nitrogens with zero attached hydrogens (tertiary/aromatic N) is 6. The van der Waals surface area contributed by atoms with Gasteiger partial charge in [-0.3, -0.25) is 10.1 Å². The maximum atomic E-state index is 10.1. The standard InChI is InChI=1S/C20H18N8/c21-11-15-18(17-12-24-27-25-17)20-14(13-4-8-22-9-5-13)6-10-28(20)26-19(15)16-3-1-2-7-23-16/h1-3,6-7,10,12-13,22H,4-5,8-9H2,(H,24,25,27). The zero-order chi connectivity index (χ0) is 18.9. The number of nitriles is 1. The highest BCUT2D eigenvalue weighted by Gasteiger charge is 2.26. The molecular formula is C20H18N8. The zero-order valence-electron chi connectivity index (χ0n) is 15.1. The Morgan fingerprint density at radius 3 is 2.75 bits per heavy atom. The van der Waals surface area contributed by atoms with E-state index in [1.54, 1.807) is 12.4 Å². The van der Waals surface area contributed by atoms with E-state index < -0.39 is 0 Å². The summed E-state index contributed by atoms with van der Waals surface area (Å²) in [6.07, 6.45) is 7.50. The molecule has 0 aromatic carbocycles. The molecule has 8 nitrogen and oxygen atoms in total. The Balaban J connectivity index is 1.83. The molecule has 0 unspecified atom stereocenters. The lowest BCUT2D eigenvalue weighted by Gasteiger charge is -2.23. The number of fused-ring (bicyclic) bond motifs is 1. The first-order valence-electron chi connectivity index (χ1n) is 9.31. The lowest BCUT2D eigenvalue weighted by Crippen LogP contribution is -2.26. The number of hydrogen-bond donors (Lipinski definition) is 2. The van der Waals surface area contributed by atoms with Crippen molar-refractivity contribution in [2.45, 2.75) is 18.8 Å². The zero-order valence-corrected chi connectivity index (χ0v) is 15.1. The lowest BCUT2D eigenvalue weighted by atomic mass is 9.89. The first kappa shape index (κ1) is 16.6. The molecule has 0 saturated carbocycles. The van der Waals surface area contributed by atoms with Crippen LogP contribution in [-0.2, 0) is 0 Å². The summed E-state index contributed by atoms with van der Waals surface area (Å²) in [6, 6.07) is 10.1. The summed E-state index contributed by atoms with van der Waals surface area (Å²) in [6.45, 7) is 1.98. The third kappa shape index (κ3) is 2.64. The molecule has 0 radical (unpaired) electrons. The van der Waals surface area contributed by atoms with Gasteiger partial charge in [0.2, 0.25) is 0 Å². The van der Waals surface area contributed by atoms with Crippen molar-refractivity contribution in [1.29, 1.82) is 5.26 Å². The first-order chi connectivity index (χ1) is 13.9. The fraction of sp³-hybridized carbons (Fsp3) is 0.250. The minimum absolute atomic E-state index is 0.422. The van der Waals surface area contributed by atoms with Crippen molar-refractivity contribution in [2.75, 3.05) is 13.1 Å². The van der Waals surface area contributed by atoms with E-state index in [0.717, 1.165) is 37.0 Å². The summed E-state index contributed by atoms with van der Waals surface area (Å²) in [5.41, 5.74) is 5.19. The number of rotatable bonds is 3. The van der Waals surface area contributed by atoms with Gasteiger partial charge in [0.15, 0.2) is 0 Å². The fourth-order valence-corrected chi connectivity index (χ4v) is 4.00. The monoisotopic (exact) mass is 370 g/mol. The van der Waals surface area contributed by atoms with E-state index in [4.69, 9.17) is 5.10 Å². The van der Waals surface area contributed by atoms with E-state index in [0.29, 0.717) is 28.6 Å². The van der Waals surface area contributed by atoms with Crippen molar-refractivity contribution < 1.29 is 0 Å². The molecule has 2 N–H and O–H groups in total. The molecule has 1 fully saturated rings. The van der Waals surface area contributed by atoms with Crippen molar-refractivity contribution in [1.82, 2.24) is 35.3 Å². The summed E-state index contributed by atoms with van der Waals surface area (Å²) in [5, 5.41) is 29.1. The van der Waals surface area contributed by atoms with Crippen LogP contribution in [0.3, 0.4) is 0 Å². The maximum Gasteiger partial charge on any atom is 0.128 e. The molecule has 0 amide bonds. The molecule has 1 aliphatic rings. The molecule has 4 aromatic rings. The number of piperidine rings is 1. The summed E-state index contributed by atoms with van der Waals surface area (Å²) < 4.78 is 1.85. The topological polar surface area (TPSA) is 108 Å². The molecule has 0 aliphatic carbocycles. The van der Waals surface area contributed by atoms with Gasteiger partial charge in [-0.1, -0.05) is 11.3 Å². The number of H-pyrrole nitrogens is 1. The first-order valence-corrected chi connectivity index (χ1v) is 9.31. The van der Waals surface area contributed by atoms with E-state index in [1.807, 2.05) is 28.9 Å². The molecule has 5 heterocycles. The van der Waals surface area contributed by atoms with Crippen LogP contribution in [0.1, 0.15) is 29.9 Å². The van der Waals surface area contributed by atoms with Crippen molar-refractivity contribution >= 4 is 5.52 Å². The molecule has 0 atom stereocenters. The van der Waals surface area contributed by atoms with Crippen LogP contribution in [0.4, 0.5) is 0 Å².